The van der Waals surface area contributed by atoms with E-state index in [4.69, 9.17) is 0 Å². The zero-order chi connectivity index (χ0) is 17.6. The number of nitrogens with zero attached hydrogens (tertiary/aromatic N) is 1. The van der Waals surface area contributed by atoms with Crippen LogP contribution in [0.2, 0.25) is 0 Å². The third kappa shape index (κ3) is 4.95. The molecular formula is C19H31N3O3. The predicted molar refractivity (Wildman–Crippen MR) is 94.7 cm³/mol. The molecule has 0 radical (unpaired) electrons. The van der Waals surface area contributed by atoms with Crippen molar-refractivity contribution in [3.05, 3.63) is 0 Å². The predicted octanol–water partition coefficient (Wildman–Crippen LogP) is 1.73. The number of amides is 3. The Morgan fingerprint density at radius 3 is 2.28 bits per heavy atom. The van der Waals surface area contributed by atoms with E-state index in [1.54, 1.807) is 0 Å². The molecule has 0 bridgehead atoms. The average molecular weight is 349 g/mol. The Bertz CT molecular complexity index is 496. The smallest absolute Gasteiger partial charge is 0.239 e. The normalized spacial score (nSPS) is 25.8. The Morgan fingerprint density at radius 1 is 0.960 bits per heavy atom. The second kappa shape index (κ2) is 8.68. The van der Waals surface area contributed by atoms with E-state index in [1.807, 2.05) is 4.90 Å². The summed E-state index contributed by atoms with van der Waals surface area (Å²) in [6, 6.07) is 0.571. The maximum atomic E-state index is 12.3. The Balaban J connectivity index is 1.40. The van der Waals surface area contributed by atoms with Crippen molar-refractivity contribution >= 4 is 17.7 Å². The van der Waals surface area contributed by atoms with Crippen molar-refractivity contribution in [2.75, 3.05) is 13.1 Å². The summed E-state index contributed by atoms with van der Waals surface area (Å²) in [5.41, 5.74) is 0. The minimum absolute atomic E-state index is 0.0173. The molecule has 0 aromatic carbocycles. The zero-order valence-electron chi connectivity index (χ0n) is 15.1. The zero-order valence-corrected chi connectivity index (χ0v) is 15.1. The number of likely N-dealkylation sites (tertiary alicyclic amines) is 1. The average Bonchev–Trinajstić information content (AvgIpc) is 3.03. The summed E-state index contributed by atoms with van der Waals surface area (Å²) in [7, 11) is 0. The van der Waals surface area contributed by atoms with Gasteiger partial charge in [-0.2, -0.15) is 0 Å². The van der Waals surface area contributed by atoms with Crippen molar-refractivity contribution in [1.29, 1.82) is 0 Å². The molecule has 2 N–H and O–H groups in total. The molecule has 1 aliphatic heterocycles. The Morgan fingerprint density at radius 2 is 1.60 bits per heavy atom. The second-order valence-electron chi connectivity index (χ2n) is 7.86. The van der Waals surface area contributed by atoms with E-state index in [0.717, 1.165) is 25.7 Å². The molecule has 1 heterocycles. The van der Waals surface area contributed by atoms with E-state index in [1.165, 1.54) is 38.5 Å². The molecule has 0 spiro atoms. The highest BCUT2D eigenvalue weighted by atomic mass is 16.2. The molecule has 2 aliphatic carbocycles. The van der Waals surface area contributed by atoms with Crippen molar-refractivity contribution in [2.45, 2.75) is 82.7 Å². The highest BCUT2D eigenvalue weighted by molar-refractivity contribution is 5.91. The van der Waals surface area contributed by atoms with Crippen molar-refractivity contribution in [3.63, 3.8) is 0 Å². The first-order chi connectivity index (χ1) is 12.1. The summed E-state index contributed by atoms with van der Waals surface area (Å²) < 4.78 is 0. The van der Waals surface area contributed by atoms with Crippen LogP contribution in [0.4, 0.5) is 0 Å². The van der Waals surface area contributed by atoms with Gasteiger partial charge >= 0.3 is 0 Å². The van der Waals surface area contributed by atoms with Gasteiger partial charge in [0.2, 0.25) is 17.7 Å². The first kappa shape index (κ1) is 18.2. The Hall–Kier alpha value is -1.59. The van der Waals surface area contributed by atoms with Crippen LogP contribution < -0.4 is 10.6 Å². The molecule has 0 aromatic rings. The van der Waals surface area contributed by atoms with E-state index >= 15 is 0 Å². The standard InChI is InChI=1S/C19H31N3O3/c23-17(21-15-7-3-1-4-8-15)12-20-19(25)14-11-18(24)22(13-14)16-9-5-2-6-10-16/h14-16H,1-13H2,(H,20,25)(H,21,23). The van der Waals surface area contributed by atoms with Gasteiger partial charge in [0, 0.05) is 25.0 Å². The lowest BCUT2D eigenvalue weighted by Gasteiger charge is -2.31. The molecule has 3 amide bonds. The van der Waals surface area contributed by atoms with Crippen LogP contribution in [0.15, 0.2) is 0 Å². The number of hydrogen-bond donors (Lipinski definition) is 2. The summed E-state index contributed by atoms with van der Waals surface area (Å²) in [6.07, 6.45) is 11.6. The van der Waals surface area contributed by atoms with Gasteiger partial charge in [-0.3, -0.25) is 14.4 Å². The number of rotatable bonds is 5. The quantitative estimate of drug-likeness (QED) is 0.793. The Kier molecular flexibility index (Phi) is 6.32. The van der Waals surface area contributed by atoms with Gasteiger partial charge in [0.1, 0.15) is 0 Å². The van der Waals surface area contributed by atoms with Gasteiger partial charge in [-0.05, 0) is 25.7 Å². The van der Waals surface area contributed by atoms with E-state index < -0.39 is 0 Å². The number of hydrogen-bond acceptors (Lipinski definition) is 3. The first-order valence-corrected chi connectivity index (χ1v) is 10.00. The van der Waals surface area contributed by atoms with Gasteiger partial charge in [0.15, 0.2) is 0 Å². The highest BCUT2D eigenvalue weighted by Crippen LogP contribution is 2.28. The van der Waals surface area contributed by atoms with Gasteiger partial charge in [-0.15, -0.1) is 0 Å². The fourth-order valence-electron chi connectivity index (χ4n) is 4.49. The molecule has 25 heavy (non-hydrogen) atoms. The van der Waals surface area contributed by atoms with Crippen LogP contribution in [-0.2, 0) is 14.4 Å². The van der Waals surface area contributed by atoms with Crippen molar-refractivity contribution in [1.82, 2.24) is 15.5 Å². The molecule has 1 atom stereocenters. The number of carbonyl (C=O) groups is 3. The minimum atomic E-state index is -0.308. The van der Waals surface area contributed by atoms with Crippen LogP contribution in [0, 0.1) is 5.92 Å². The largest absolute Gasteiger partial charge is 0.352 e. The van der Waals surface area contributed by atoms with Crippen molar-refractivity contribution in [3.8, 4) is 0 Å². The fourth-order valence-corrected chi connectivity index (χ4v) is 4.49. The van der Waals surface area contributed by atoms with Crippen LogP contribution in [0.25, 0.3) is 0 Å². The summed E-state index contributed by atoms with van der Waals surface area (Å²) in [6.45, 7) is 0.531. The van der Waals surface area contributed by atoms with Crippen LogP contribution in [0.3, 0.4) is 0 Å². The van der Waals surface area contributed by atoms with E-state index in [0.29, 0.717) is 12.6 Å². The summed E-state index contributed by atoms with van der Waals surface area (Å²) >= 11 is 0. The van der Waals surface area contributed by atoms with E-state index in [9.17, 15) is 14.4 Å². The molecule has 140 valence electrons. The van der Waals surface area contributed by atoms with Crippen molar-refractivity contribution in [2.24, 2.45) is 5.92 Å². The maximum absolute atomic E-state index is 12.3. The second-order valence-corrected chi connectivity index (χ2v) is 7.86. The molecule has 2 saturated carbocycles. The van der Waals surface area contributed by atoms with Crippen LogP contribution in [0.1, 0.15) is 70.6 Å². The van der Waals surface area contributed by atoms with Crippen LogP contribution in [0.5, 0.6) is 0 Å². The van der Waals surface area contributed by atoms with Gasteiger partial charge in [0.05, 0.1) is 12.5 Å². The maximum Gasteiger partial charge on any atom is 0.239 e. The lowest BCUT2D eigenvalue weighted by atomic mass is 9.94. The van der Waals surface area contributed by atoms with Crippen LogP contribution >= 0.6 is 0 Å². The summed E-state index contributed by atoms with van der Waals surface area (Å²) in [5, 5.41) is 5.73. The molecule has 3 rings (SSSR count). The van der Waals surface area contributed by atoms with E-state index in [-0.39, 0.29) is 42.6 Å². The molecular weight excluding hydrogens is 318 g/mol. The monoisotopic (exact) mass is 349 g/mol. The van der Waals surface area contributed by atoms with Gasteiger partial charge in [-0.25, -0.2) is 0 Å². The molecule has 6 heteroatoms. The lowest BCUT2D eigenvalue weighted by Crippen LogP contribution is -2.44. The Labute approximate surface area is 150 Å². The molecule has 0 aromatic heterocycles. The number of nitrogens with one attached hydrogen (secondary N) is 2. The SMILES string of the molecule is O=C(CNC(=O)C1CC(=O)N(C2CCCCC2)C1)NC1CCCCC1. The molecule has 6 nitrogen and oxygen atoms in total. The van der Waals surface area contributed by atoms with Gasteiger partial charge in [0.25, 0.3) is 0 Å². The van der Waals surface area contributed by atoms with Gasteiger partial charge < -0.3 is 15.5 Å². The van der Waals surface area contributed by atoms with Gasteiger partial charge in [-0.1, -0.05) is 38.5 Å². The van der Waals surface area contributed by atoms with E-state index in [2.05, 4.69) is 10.6 Å². The summed E-state index contributed by atoms with van der Waals surface area (Å²) in [4.78, 5) is 38.5. The molecule has 3 aliphatic rings. The molecule has 1 saturated heterocycles. The summed E-state index contributed by atoms with van der Waals surface area (Å²) in [5.74, 6) is -0.491. The lowest BCUT2D eigenvalue weighted by molar-refractivity contribution is -0.130. The number of carbonyl (C=O) groups excluding carboxylic acids is 3. The molecule has 3 fully saturated rings. The fraction of sp³-hybridized carbons (Fsp3) is 0.842. The third-order valence-corrected chi connectivity index (χ3v) is 5.94. The van der Waals surface area contributed by atoms with Crippen LogP contribution in [-0.4, -0.2) is 47.8 Å². The minimum Gasteiger partial charge on any atom is -0.352 e. The topological polar surface area (TPSA) is 78.5 Å². The first-order valence-electron chi connectivity index (χ1n) is 10.00. The highest BCUT2D eigenvalue weighted by Gasteiger charge is 2.38. The third-order valence-electron chi connectivity index (χ3n) is 5.94. The van der Waals surface area contributed by atoms with Crippen molar-refractivity contribution < 1.29 is 14.4 Å². The molecule has 1 unspecified atom stereocenters.